The van der Waals surface area contributed by atoms with Crippen LogP contribution in [0.15, 0.2) is 36.4 Å². The Hall–Kier alpha value is -1.84. The van der Waals surface area contributed by atoms with Gasteiger partial charge in [-0.05, 0) is 83.9 Å². The van der Waals surface area contributed by atoms with E-state index in [0.717, 1.165) is 72.9 Å². The topological polar surface area (TPSA) is 0 Å². The molecule has 2 aliphatic rings. The molecule has 2 aromatic carbocycles. The average Bonchev–Trinajstić information content (AvgIpc) is 2.67. The molecule has 0 N–H and O–H groups in total. The first-order valence-electron chi connectivity index (χ1n) is 9.86. The maximum absolute atomic E-state index is 14.7. The molecule has 0 saturated heterocycles. The van der Waals surface area contributed by atoms with Gasteiger partial charge in [0, 0.05) is 0 Å². The van der Waals surface area contributed by atoms with Crippen LogP contribution < -0.4 is 0 Å². The Morgan fingerprint density at radius 3 is 2.41 bits per heavy atom. The quantitative estimate of drug-likeness (QED) is 0.483. The van der Waals surface area contributed by atoms with Crippen molar-refractivity contribution in [3.8, 4) is 11.1 Å². The Labute approximate surface area is 157 Å². The minimum Gasteiger partial charge on any atom is -0.207 e. The Kier molecular flexibility index (Phi) is 4.56. The molecule has 2 unspecified atom stereocenters. The molecule has 0 spiro atoms. The fraction of sp³-hybridized carbons (Fsp3) is 0.478. The van der Waals surface area contributed by atoms with Gasteiger partial charge < -0.3 is 0 Å². The lowest BCUT2D eigenvalue weighted by Crippen LogP contribution is -2.42. The minimum atomic E-state index is -4.35. The standard InChI is InChI=1S/C23H24F4/c1-2-22-14-4-3-5-16(22)10-11-19-20(24)13-12-18(21(19)22)15-6-8-17(9-7-15)23(25,26)27/h6-9,12-13,16H,2-5,10-11,14H2,1H3. The van der Waals surface area contributed by atoms with E-state index in [1.807, 2.05) is 0 Å². The Bertz CT molecular complexity index is 835. The van der Waals surface area contributed by atoms with Gasteiger partial charge in [-0.3, -0.25) is 0 Å². The number of rotatable bonds is 2. The second-order valence-corrected chi connectivity index (χ2v) is 8.01. The third-order valence-corrected chi connectivity index (χ3v) is 6.86. The van der Waals surface area contributed by atoms with Crippen LogP contribution in [0.4, 0.5) is 17.6 Å². The second-order valence-electron chi connectivity index (χ2n) is 8.01. The van der Waals surface area contributed by atoms with Crippen LogP contribution in [-0.2, 0) is 18.0 Å². The molecule has 0 aliphatic heterocycles. The van der Waals surface area contributed by atoms with Crippen molar-refractivity contribution >= 4 is 0 Å². The molecule has 27 heavy (non-hydrogen) atoms. The normalized spacial score (nSPS) is 25.0. The van der Waals surface area contributed by atoms with Gasteiger partial charge in [0.25, 0.3) is 0 Å². The monoisotopic (exact) mass is 376 g/mol. The van der Waals surface area contributed by atoms with Crippen molar-refractivity contribution in [3.63, 3.8) is 0 Å². The van der Waals surface area contributed by atoms with Gasteiger partial charge in [-0.25, -0.2) is 4.39 Å². The number of alkyl halides is 3. The summed E-state index contributed by atoms with van der Waals surface area (Å²) in [6.07, 6.45) is 2.88. The molecule has 2 aromatic rings. The maximum atomic E-state index is 14.7. The summed E-state index contributed by atoms with van der Waals surface area (Å²) in [5.74, 6) is 0.372. The van der Waals surface area contributed by atoms with Crippen molar-refractivity contribution in [1.82, 2.24) is 0 Å². The molecule has 144 valence electrons. The summed E-state index contributed by atoms with van der Waals surface area (Å²) < 4.78 is 53.5. The number of hydrogen-bond donors (Lipinski definition) is 0. The third-order valence-electron chi connectivity index (χ3n) is 6.86. The predicted molar refractivity (Wildman–Crippen MR) is 99.1 cm³/mol. The van der Waals surface area contributed by atoms with Crippen LogP contribution in [0.2, 0.25) is 0 Å². The number of benzene rings is 2. The van der Waals surface area contributed by atoms with E-state index >= 15 is 0 Å². The molecule has 0 heterocycles. The molecule has 0 nitrogen and oxygen atoms in total. The first kappa shape index (κ1) is 18.5. The van der Waals surface area contributed by atoms with Crippen LogP contribution in [0.1, 0.15) is 62.1 Å². The number of halogens is 4. The van der Waals surface area contributed by atoms with Crippen LogP contribution in [0.5, 0.6) is 0 Å². The molecule has 1 saturated carbocycles. The zero-order valence-electron chi connectivity index (χ0n) is 15.5. The third kappa shape index (κ3) is 2.97. The predicted octanol–water partition coefficient (Wildman–Crippen LogP) is 7.30. The Morgan fingerprint density at radius 1 is 1.00 bits per heavy atom. The highest BCUT2D eigenvalue weighted by Gasteiger charge is 2.46. The molecular formula is C23H24F4. The molecule has 0 aromatic heterocycles. The fourth-order valence-corrected chi connectivity index (χ4v) is 5.54. The summed E-state index contributed by atoms with van der Waals surface area (Å²) >= 11 is 0. The fourth-order valence-electron chi connectivity index (χ4n) is 5.54. The molecule has 2 aliphatic carbocycles. The lowest BCUT2D eigenvalue weighted by Gasteiger charge is -2.49. The average molecular weight is 376 g/mol. The van der Waals surface area contributed by atoms with Crippen molar-refractivity contribution in [2.24, 2.45) is 5.92 Å². The van der Waals surface area contributed by atoms with Gasteiger partial charge in [-0.1, -0.05) is 38.0 Å². The highest BCUT2D eigenvalue weighted by atomic mass is 19.4. The summed E-state index contributed by atoms with van der Waals surface area (Å²) in [6, 6.07) is 8.58. The number of hydrogen-bond acceptors (Lipinski definition) is 0. The molecule has 2 atom stereocenters. The smallest absolute Gasteiger partial charge is 0.207 e. The van der Waals surface area contributed by atoms with Gasteiger partial charge in [0.05, 0.1) is 5.56 Å². The highest BCUT2D eigenvalue weighted by molar-refractivity contribution is 5.72. The Balaban J connectivity index is 1.89. The van der Waals surface area contributed by atoms with Crippen molar-refractivity contribution in [2.75, 3.05) is 0 Å². The van der Waals surface area contributed by atoms with E-state index < -0.39 is 11.7 Å². The molecule has 0 radical (unpaired) electrons. The summed E-state index contributed by atoms with van der Waals surface area (Å²) in [5, 5.41) is 0. The van der Waals surface area contributed by atoms with Gasteiger partial charge in [0.15, 0.2) is 0 Å². The lowest BCUT2D eigenvalue weighted by atomic mass is 9.55. The van der Waals surface area contributed by atoms with E-state index in [9.17, 15) is 17.6 Å². The summed E-state index contributed by atoms with van der Waals surface area (Å²) in [5.41, 5.74) is 2.81. The molecule has 0 bridgehead atoms. The largest absolute Gasteiger partial charge is 0.416 e. The van der Waals surface area contributed by atoms with E-state index in [4.69, 9.17) is 0 Å². The van der Waals surface area contributed by atoms with Gasteiger partial charge in [0.2, 0.25) is 0 Å². The van der Waals surface area contributed by atoms with Gasteiger partial charge >= 0.3 is 6.18 Å². The van der Waals surface area contributed by atoms with Crippen LogP contribution in [-0.4, -0.2) is 0 Å². The van der Waals surface area contributed by atoms with Crippen molar-refractivity contribution in [3.05, 3.63) is 58.9 Å². The molecule has 4 rings (SSSR count). The minimum absolute atomic E-state index is 0.0496. The van der Waals surface area contributed by atoms with Gasteiger partial charge in [-0.15, -0.1) is 0 Å². The zero-order chi connectivity index (χ0) is 19.2. The zero-order valence-corrected chi connectivity index (χ0v) is 15.5. The van der Waals surface area contributed by atoms with Gasteiger partial charge in [-0.2, -0.15) is 13.2 Å². The summed E-state index contributed by atoms with van der Waals surface area (Å²) in [7, 11) is 0. The lowest BCUT2D eigenvalue weighted by molar-refractivity contribution is -0.137. The van der Waals surface area contributed by atoms with E-state index in [-0.39, 0.29) is 11.2 Å². The first-order valence-corrected chi connectivity index (χ1v) is 9.86. The highest BCUT2D eigenvalue weighted by Crippen LogP contribution is 2.55. The van der Waals surface area contributed by atoms with Crippen LogP contribution in [0.25, 0.3) is 11.1 Å². The SMILES string of the molecule is CCC12CCCCC1CCc1c(F)ccc(-c3ccc(C(F)(F)F)cc3)c12. The molecular weight excluding hydrogens is 352 g/mol. The summed E-state index contributed by atoms with van der Waals surface area (Å²) in [4.78, 5) is 0. The van der Waals surface area contributed by atoms with Crippen molar-refractivity contribution in [2.45, 2.75) is 63.5 Å². The van der Waals surface area contributed by atoms with Crippen LogP contribution >= 0.6 is 0 Å². The van der Waals surface area contributed by atoms with Crippen molar-refractivity contribution in [1.29, 1.82) is 0 Å². The van der Waals surface area contributed by atoms with Gasteiger partial charge in [0.1, 0.15) is 5.82 Å². The Morgan fingerprint density at radius 2 is 1.74 bits per heavy atom. The van der Waals surface area contributed by atoms with E-state index in [1.54, 1.807) is 6.07 Å². The van der Waals surface area contributed by atoms with E-state index in [0.29, 0.717) is 5.92 Å². The van der Waals surface area contributed by atoms with Crippen LogP contribution in [0.3, 0.4) is 0 Å². The van der Waals surface area contributed by atoms with Crippen LogP contribution in [0, 0.1) is 11.7 Å². The molecule has 0 amide bonds. The maximum Gasteiger partial charge on any atom is 0.416 e. The van der Waals surface area contributed by atoms with E-state index in [2.05, 4.69) is 6.92 Å². The molecule has 4 heteroatoms. The summed E-state index contributed by atoms with van der Waals surface area (Å²) in [6.45, 7) is 2.18. The van der Waals surface area contributed by atoms with E-state index in [1.165, 1.54) is 24.6 Å². The van der Waals surface area contributed by atoms with Crippen molar-refractivity contribution < 1.29 is 17.6 Å². The first-order chi connectivity index (χ1) is 12.9. The second kappa shape index (κ2) is 6.65. The number of fused-ring (bicyclic) bond motifs is 3. The molecule has 1 fully saturated rings.